The van der Waals surface area contributed by atoms with Gasteiger partial charge in [0.25, 0.3) is 5.91 Å². The van der Waals surface area contributed by atoms with Gasteiger partial charge in [-0.15, -0.1) is 0 Å². The summed E-state index contributed by atoms with van der Waals surface area (Å²) in [7, 11) is 0. The lowest BCUT2D eigenvalue weighted by Crippen LogP contribution is -2.26. The molecule has 0 fully saturated rings. The normalized spacial score (nSPS) is 10.4. The summed E-state index contributed by atoms with van der Waals surface area (Å²) < 4.78 is 0.729. The number of carbonyl (C=O) groups excluding carboxylic acids is 1. The van der Waals surface area contributed by atoms with Crippen LogP contribution in [0.3, 0.4) is 0 Å². The maximum Gasteiger partial charge on any atom is 0.271 e. The fraction of sp³-hybridized carbons (Fsp3) is 0.455. The van der Waals surface area contributed by atoms with Gasteiger partial charge in [-0.3, -0.25) is 4.79 Å². The molecular formula is C11H15BrN2O. The molecule has 15 heavy (non-hydrogen) atoms. The van der Waals surface area contributed by atoms with Crippen molar-refractivity contribution < 1.29 is 4.79 Å². The first kappa shape index (κ1) is 12.2. The SMILES string of the molecule is CC(C)CCNC(=O)c1ncccc1Br. The predicted molar refractivity (Wildman–Crippen MR) is 63.7 cm³/mol. The molecule has 0 aromatic carbocycles. The minimum absolute atomic E-state index is 0.122. The topological polar surface area (TPSA) is 42.0 Å². The Hall–Kier alpha value is -0.900. The van der Waals surface area contributed by atoms with Gasteiger partial charge >= 0.3 is 0 Å². The number of hydrogen-bond acceptors (Lipinski definition) is 2. The highest BCUT2D eigenvalue weighted by molar-refractivity contribution is 9.10. The summed E-state index contributed by atoms with van der Waals surface area (Å²) in [4.78, 5) is 15.7. The molecule has 4 heteroatoms. The van der Waals surface area contributed by atoms with Crippen molar-refractivity contribution >= 4 is 21.8 Å². The molecule has 1 aromatic heterocycles. The number of carbonyl (C=O) groups is 1. The van der Waals surface area contributed by atoms with Crippen LogP contribution in [0.2, 0.25) is 0 Å². The van der Waals surface area contributed by atoms with Crippen LogP contribution in [0, 0.1) is 5.92 Å². The van der Waals surface area contributed by atoms with Gasteiger partial charge in [-0.25, -0.2) is 4.98 Å². The molecule has 0 unspecified atom stereocenters. The zero-order chi connectivity index (χ0) is 11.3. The minimum Gasteiger partial charge on any atom is -0.351 e. The van der Waals surface area contributed by atoms with E-state index in [1.54, 1.807) is 12.3 Å². The summed E-state index contributed by atoms with van der Waals surface area (Å²) in [5, 5.41) is 2.84. The zero-order valence-electron chi connectivity index (χ0n) is 8.96. The number of pyridine rings is 1. The largest absolute Gasteiger partial charge is 0.351 e. The summed E-state index contributed by atoms with van der Waals surface area (Å²) in [6.45, 7) is 4.95. The van der Waals surface area contributed by atoms with Crippen LogP contribution in [0.5, 0.6) is 0 Å². The highest BCUT2D eigenvalue weighted by Gasteiger charge is 2.09. The van der Waals surface area contributed by atoms with Crippen LogP contribution in [0.25, 0.3) is 0 Å². The van der Waals surface area contributed by atoms with Gasteiger partial charge in [0.2, 0.25) is 0 Å². The van der Waals surface area contributed by atoms with Crippen LogP contribution in [0.4, 0.5) is 0 Å². The molecule has 0 saturated heterocycles. The lowest BCUT2D eigenvalue weighted by molar-refractivity contribution is 0.0946. The zero-order valence-corrected chi connectivity index (χ0v) is 10.5. The Morgan fingerprint density at radius 2 is 2.33 bits per heavy atom. The Labute approximate surface area is 98.4 Å². The molecule has 0 spiro atoms. The number of nitrogens with one attached hydrogen (secondary N) is 1. The van der Waals surface area contributed by atoms with Crippen molar-refractivity contribution in [3.63, 3.8) is 0 Å². The second-order valence-corrected chi connectivity index (χ2v) is 4.63. The summed E-state index contributed by atoms with van der Waals surface area (Å²) in [5.74, 6) is 0.473. The Morgan fingerprint density at radius 3 is 2.93 bits per heavy atom. The van der Waals surface area contributed by atoms with Gasteiger partial charge in [0.1, 0.15) is 5.69 Å². The number of nitrogens with zero attached hydrogens (tertiary/aromatic N) is 1. The van der Waals surface area contributed by atoms with E-state index in [2.05, 4.69) is 40.1 Å². The monoisotopic (exact) mass is 270 g/mol. The van der Waals surface area contributed by atoms with E-state index in [0.717, 1.165) is 10.9 Å². The molecule has 0 aliphatic heterocycles. The fourth-order valence-corrected chi connectivity index (χ4v) is 1.55. The van der Waals surface area contributed by atoms with Crippen LogP contribution >= 0.6 is 15.9 Å². The highest BCUT2D eigenvalue weighted by Crippen LogP contribution is 2.12. The van der Waals surface area contributed by atoms with Crippen LogP contribution in [-0.2, 0) is 0 Å². The van der Waals surface area contributed by atoms with Gasteiger partial charge in [-0.1, -0.05) is 13.8 Å². The smallest absolute Gasteiger partial charge is 0.271 e. The van der Waals surface area contributed by atoms with E-state index in [4.69, 9.17) is 0 Å². The van der Waals surface area contributed by atoms with Gasteiger partial charge < -0.3 is 5.32 Å². The molecule has 3 nitrogen and oxygen atoms in total. The quantitative estimate of drug-likeness (QED) is 0.914. The minimum atomic E-state index is -0.122. The summed E-state index contributed by atoms with van der Waals surface area (Å²) in [6.07, 6.45) is 2.60. The second kappa shape index (κ2) is 5.85. The van der Waals surface area contributed by atoms with Crippen molar-refractivity contribution in [3.05, 3.63) is 28.5 Å². The molecule has 0 saturated carbocycles. The Bertz CT molecular complexity index is 339. The lowest BCUT2D eigenvalue weighted by atomic mass is 10.1. The third kappa shape index (κ3) is 4.00. The van der Waals surface area contributed by atoms with Gasteiger partial charge in [-0.05, 0) is 40.4 Å². The van der Waals surface area contributed by atoms with Gasteiger partial charge in [0.15, 0.2) is 0 Å². The average molecular weight is 271 g/mol. The lowest BCUT2D eigenvalue weighted by Gasteiger charge is -2.07. The van der Waals surface area contributed by atoms with Crippen LogP contribution in [0.1, 0.15) is 30.8 Å². The van der Waals surface area contributed by atoms with E-state index >= 15 is 0 Å². The summed E-state index contributed by atoms with van der Waals surface area (Å²) >= 11 is 3.29. The first-order valence-electron chi connectivity index (χ1n) is 5.00. The molecule has 0 aliphatic rings. The number of amides is 1. The third-order valence-corrected chi connectivity index (χ3v) is 2.62. The van der Waals surface area contributed by atoms with Crippen molar-refractivity contribution in [2.24, 2.45) is 5.92 Å². The molecule has 0 bridgehead atoms. The van der Waals surface area contributed by atoms with Crippen molar-refractivity contribution in [2.75, 3.05) is 6.54 Å². The molecule has 1 rings (SSSR count). The average Bonchev–Trinajstić information content (AvgIpc) is 2.17. The highest BCUT2D eigenvalue weighted by atomic mass is 79.9. The first-order chi connectivity index (χ1) is 7.11. The van der Waals surface area contributed by atoms with E-state index < -0.39 is 0 Å². The molecule has 1 aromatic rings. The number of hydrogen-bond donors (Lipinski definition) is 1. The van der Waals surface area contributed by atoms with Crippen molar-refractivity contribution in [1.82, 2.24) is 10.3 Å². The molecular weight excluding hydrogens is 256 g/mol. The van der Waals surface area contributed by atoms with Gasteiger partial charge in [0, 0.05) is 17.2 Å². The summed E-state index contributed by atoms with van der Waals surface area (Å²) in [5.41, 5.74) is 0.446. The Morgan fingerprint density at radius 1 is 1.60 bits per heavy atom. The van der Waals surface area contributed by atoms with E-state index in [-0.39, 0.29) is 5.91 Å². The molecule has 1 heterocycles. The van der Waals surface area contributed by atoms with Crippen molar-refractivity contribution in [1.29, 1.82) is 0 Å². The Balaban J connectivity index is 2.51. The first-order valence-corrected chi connectivity index (χ1v) is 5.79. The maximum absolute atomic E-state index is 11.6. The van der Waals surface area contributed by atoms with Gasteiger partial charge in [0.05, 0.1) is 0 Å². The van der Waals surface area contributed by atoms with E-state index in [1.165, 1.54) is 0 Å². The number of halogens is 1. The van der Waals surface area contributed by atoms with Gasteiger partial charge in [-0.2, -0.15) is 0 Å². The molecule has 82 valence electrons. The maximum atomic E-state index is 11.6. The number of rotatable bonds is 4. The predicted octanol–water partition coefficient (Wildman–Crippen LogP) is 2.62. The molecule has 1 amide bonds. The van der Waals surface area contributed by atoms with Crippen LogP contribution < -0.4 is 5.32 Å². The van der Waals surface area contributed by atoms with Crippen molar-refractivity contribution in [2.45, 2.75) is 20.3 Å². The number of aromatic nitrogens is 1. The molecule has 0 atom stereocenters. The van der Waals surface area contributed by atoms with E-state index in [0.29, 0.717) is 18.2 Å². The van der Waals surface area contributed by atoms with E-state index in [1.807, 2.05) is 6.07 Å². The summed E-state index contributed by atoms with van der Waals surface area (Å²) in [6, 6.07) is 3.60. The second-order valence-electron chi connectivity index (χ2n) is 3.77. The fourth-order valence-electron chi connectivity index (χ4n) is 1.11. The Kier molecular flexibility index (Phi) is 4.75. The van der Waals surface area contributed by atoms with Crippen LogP contribution in [0.15, 0.2) is 22.8 Å². The third-order valence-electron chi connectivity index (χ3n) is 1.98. The standard InChI is InChI=1S/C11H15BrN2O/c1-8(2)5-7-14-11(15)10-9(12)4-3-6-13-10/h3-4,6,8H,5,7H2,1-2H3,(H,14,15). The molecule has 0 aliphatic carbocycles. The molecule has 1 N–H and O–H groups in total. The molecule has 0 radical (unpaired) electrons. The van der Waals surface area contributed by atoms with Crippen LogP contribution in [-0.4, -0.2) is 17.4 Å². The van der Waals surface area contributed by atoms with Crippen molar-refractivity contribution in [3.8, 4) is 0 Å². The van der Waals surface area contributed by atoms with E-state index in [9.17, 15) is 4.79 Å².